The first kappa shape index (κ1) is 13.5. The summed E-state index contributed by atoms with van der Waals surface area (Å²) < 4.78 is 22.8. The standard InChI is InChI=1S/C13H17FO3/c1-4-9(8-13(15)17-3)10-5-6-11(14)12(7-10)16-2/h5-7,9H,4,8H2,1-3H3/t9-/m1/s1. The average molecular weight is 240 g/mol. The molecule has 0 aliphatic carbocycles. The normalized spacial score (nSPS) is 12.0. The van der Waals surface area contributed by atoms with Gasteiger partial charge in [-0.25, -0.2) is 4.39 Å². The predicted molar refractivity (Wildman–Crippen MR) is 62.6 cm³/mol. The zero-order valence-electron chi connectivity index (χ0n) is 10.3. The number of benzene rings is 1. The lowest BCUT2D eigenvalue weighted by Gasteiger charge is -2.15. The fourth-order valence-corrected chi connectivity index (χ4v) is 1.71. The lowest BCUT2D eigenvalue weighted by molar-refractivity contribution is -0.141. The van der Waals surface area contributed by atoms with Gasteiger partial charge in [-0.15, -0.1) is 0 Å². The summed E-state index contributed by atoms with van der Waals surface area (Å²) in [5, 5.41) is 0. The Morgan fingerprint density at radius 2 is 2.12 bits per heavy atom. The number of esters is 1. The van der Waals surface area contributed by atoms with E-state index in [-0.39, 0.29) is 17.6 Å². The summed E-state index contributed by atoms with van der Waals surface area (Å²) in [5.41, 5.74) is 0.885. The first-order valence-electron chi connectivity index (χ1n) is 5.52. The molecule has 1 aromatic carbocycles. The molecule has 1 rings (SSSR count). The summed E-state index contributed by atoms with van der Waals surface area (Å²) in [6.45, 7) is 1.98. The highest BCUT2D eigenvalue weighted by atomic mass is 19.1. The largest absolute Gasteiger partial charge is 0.494 e. The van der Waals surface area contributed by atoms with Gasteiger partial charge in [-0.1, -0.05) is 13.0 Å². The molecule has 0 aromatic heterocycles. The van der Waals surface area contributed by atoms with Crippen molar-refractivity contribution in [1.82, 2.24) is 0 Å². The maximum absolute atomic E-state index is 13.2. The van der Waals surface area contributed by atoms with E-state index in [0.29, 0.717) is 6.42 Å². The first-order valence-corrected chi connectivity index (χ1v) is 5.52. The Morgan fingerprint density at radius 3 is 2.65 bits per heavy atom. The maximum atomic E-state index is 13.2. The molecule has 0 N–H and O–H groups in total. The van der Waals surface area contributed by atoms with Crippen molar-refractivity contribution in [3.8, 4) is 5.75 Å². The Bertz CT molecular complexity index is 390. The van der Waals surface area contributed by atoms with E-state index in [1.807, 2.05) is 6.92 Å². The van der Waals surface area contributed by atoms with E-state index in [1.54, 1.807) is 12.1 Å². The van der Waals surface area contributed by atoms with E-state index in [0.717, 1.165) is 12.0 Å². The molecule has 0 amide bonds. The summed E-state index contributed by atoms with van der Waals surface area (Å²) in [5.74, 6) is -0.438. The zero-order valence-corrected chi connectivity index (χ0v) is 10.3. The van der Waals surface area contributed by atoms with E-state index in [1.165, 1.54) is 20.3 Å². The highest BCUT2D eigenvalue weighted by Gasteiger charge is 2.16. The van der Waals surface area contributed by atoms with E-state index < -0.39 is 5.82 Å². The molecule has 0 spiro atoms. The van der Waals surface area contributed by atoms with Crippen LogP contribution in [0.2, 0.25) is 0 Å². The van der Waals surface area contributed by atoms with Crippen LogP contribution < -0.4 is 4.74 Å². The van der Waals surface area contributed by atoms with Gasteiger partial charge in [0.1, 0.15) is 0 Å². The molecule has 0 saturated carbocycles. The second-order valence-corrected chi connectivity index (χ2v) is 3.78. The van der Waals surface area contributed by atoms with Crippen LogP contribution in [0.3, 0.4) is 0 Å². The third kappa shape index (κ3) is 3.44. The van der Waals surface area contributed by atoms with Crippen molar-refractivity contribution in [3.05, 3.63) is 29.6 Å². The number of hydrogen-bond acceptors (Lipinski definition) is 3. The molecule has 0 aliphatic heterocycles. The smallest absolute Gasteiger partial charge is 0.306 e. The molecule has 1 atom stereocenters. The van der Waals surface area contributed by atoms with Crippen molar-refractivity contribution in [2.75, 3.05) is 14.2 Å². The van der Waals surface area contributed by atoms with Gasteiger partial charge in [0.05, 0.1) is 20.6 Å². The second kappa shape index (κ2) is 6.23. The Kier molecular flexibility index (Phi) is 4.94. The van der Waals surface area contributed by atoms with Gasteiger partial charge < -0.3 is 9.47 Å². The van der Waals surface area contributed by atoms with Gasteiger partial charge in [0.2, 0.25) is 0 Å². The molecule has 0 aliphatic rings. The summed E-state index contributed by atoms with van der Waals surface area (Å²) >= 11 is 0. The van der Waals surface area contributed by atoms with Gasteiger partial charge in [-0.3, -0.25) is 4.79 Å². The minimum Gasteiger partial charge on any atom is -0.494 e. The number of ether oxygens (including phenoxy) is 2. The SMILES string of the molecule is CC[C@H](CC(=O)OC)c1ccc(F)c(OC)c1. The average Bonchev–Trinajstić information content (AvgIpc) is 2.36. The van der Waals surface area contributed by atoms with E-state index >= 15 is 0 Å². The molecule has 0 unspecified atom stereocenters. The van der Waals surface area contributed by atoms with Gasteiger partial charge in [-0.05, 0) is 30.0 Å². The van der Waals surface area contributed by atoms with E-state index in [4.69, 9.17) is 4.74 Å². The number of methoxy groups -OCH3 is 2. The van der Waals surface area contributed by atoms with Crippen LogP contribution in [-0.2, 0) is 9.53 Å². The van der Waals surface area contributed by atoms with Crippen molar-refractivity contribution in [3.63, 3.8) is 0 Å². The van der Waals surface area contributed by atoms with E-state index in [9.17, 15) is 9.18 Å². The quantitative estimate of drug-likeness (QED) is 0.742. The summed E-state index contributed by atoms with van der Waals surface area (Å²) in [4.78, 5) is 11.2. The number of carbonyl (C=O) groups is 1. The second-order valence-electron chi connectivity index (χ2n) is 3.78. The topological polar surface area (TPSA) is 35.5 Å². The lowest BCUT2D eigenvalue weighted by atomic mass is 9.93. The third-order valence-electron chi connectivity index (χ3n) is 2.78. The minimum atomic E-state index is -0.399. The van der Waals surface area contributed by atoms with Crippen LogP contribution in [0.15, 0.2) is 18.2 Å². The van der Waals surface area contributed by atoms with Crippen LogP contribution in [0, 0.1) is 5.82 Å². The van der Waals surface area contributed by atoms with Crippen LogP contribution in [-0.4, -0.2) is 20.2 Å². The summed E-state index contributed by atoms with van der Waals surface area (Å²) in [7, 11) is 2.78. The molecule has 1 aromatic rings. The highest BCUT2D eigenvalue weighted by molar-refractivity contribution is 5.70. The van der Waals surface area contributed by atoms with Crippen LogP contribution >= 0.6 is 0 Å². The zero-order chi connectivity index (χ0) is 12.8. The molecule has 0 bridgehead atoms. The fourth-order valence-electron chi connectivity index (χ4n) is 1.71. The molecular formula is C13H17FO3. The third-order valence-corrected chi connectivity index (χ3v) is 2.78. The van der Waals surface area contributed by atoms with Gasteiger partial charge in [0, 0.05) is 0 Å². The number of carbonyl (C=O) groups excluding carboxylic acids is 1. The van der Waals surface area contributed by atoms with Crippen molar-refractivity contribution < 1.29 is 18.7 Å². The Hall–Kier alpha value is -1.58. The molecule has 0 saturated heterocycles. The molecular weight excluding hydrogens is 223 g/mol. The van der Waals surface area contributed by atoms with Gasteiger partial charge >= 0.3 is 5.97 Å². The number of halogens is 1. The van der Waals surface area contributed by atoms with E-state index in [2.05, 4.69) is 4.74 Å². The lowest BCUT2D eigenvalue weighted by Crippen LogP contribution is -2.08. The highest BCUT2D eigenvalue weighted by Crippen LogP contribution is 2.28. The molecule has 0 radical (unpaired) electrons. The Balaban J connectivity index is 2.91. The molecule has 17 heavy (non-hydrogen) atoms. The molecule has 94 valence electrons. The first-order chi connectivity index (χ1) is 8.12. The van der Waals surface area contributed by atoms with Crippen molar-refractivity contribution >= 4 is 5.97 Å². The maximum Gasteiger partial charge on any atom is 0.306 e. The van der Waals surface area contributed by atoms with Gasteiger partial charge in [0.15, 0.2) is 11.6 Å². The molecule has 0 fully saturated rings. The Labute approximate surface area is 101 Å². The van der Waals surface area contributed by atoms with Crippen LogP contribution in [0.4, 0.5) is 4.39 Å². The summed E-state index contributed by atoms with van der Waals surface area (Å²) in [6.07, 6.45) is 1.08. The predicted octanol–water partition coefficient (Wildman–Crippen LogP) is 2.89. The molecule has 0 heterocycles. The van der Waals surface area contributed by atoms with Crippen LogP contribution in [0.5, 0.6) is 5.75 Å². The minimum absolute atomic E-state index is 0.0250. The number of hydrogen-bond donors (Lipinski definition) is 0. The van der Waals surface area contributed by atoms with Crippen molar-refractivity contribution in [2.24, 2.45) is 0 Å². The van der Waals surface area contributed by atoms with Gasteiger partial charge in [0.25, 0.3) is 0 Å². The van der Waals surface area contributed by atoms with Crippen LogP contribution in [0.25, 0.3) is 0 Å². The monoisotopic (exact) mass is 240 g/mol. The van der Waals surface area contributed by atoms with Crippen LogP contribution in [0.1, 0.15) is 31.2 Å². The Morgan fingerprint density at radius 1 is 1.41 bits per heavy atom. The van der Waals surface area contributed by atoms with Crippen molar-refractivity contribution in [1.29, 1.82) is 0 Å². The fraction of sp³-hybridized carbons (Fsp3) is 0.462. The van der Waals surface area contributed by atoms with Gasteiger partial charge in [-0.2, -0.15) is 0 Å². The molecule has 4 heteroatoms. The molecule has 3 nitrogen and oxygen atoms in total. The number of rotatable bonds is 5. The van der Waals surface area contributed by atoms with Crippen molar-refractivity contribution in [2.45, 2.75) is 25.7 Å². The summed E-state index contributed by atoms with van der Waals surface area (Å²) in [6, 6.07) is 4.66.